The minimum absolute atomic E-state index is 0.521. The fourth-order valence-corrected chi connectivity index (χ4v) is 6.42. The maximum atomic E-state index is 11.7. The molecule has 20 heavy (non-hydrogen) atoms. The predicted molar refractivity (Wildman–Crippen MR) is 78.0 cm³/mol. The molecule has 0 radical (unpaired) electrons. The zero-order chi connectivity index (χ0) is 16.0. The first-order valence-electron chi connectivity index (χ1n) is 4.64. The van der Waals surface area contributed by atoms with Crippen molar-refractivity contribution >= 4 is 59.2 Å². The molecule has 0 aromatic heterocycles. The van der Waals surface area contributed by atoms with Gasteiger partial charge in [-0.15, -0.1) is 6.58 Å². The van der Waals surface area contributed by atoms with Crippen LogP contribution in [0.25, 0.3) is 0 Å². The third-order valence-corrected chi connectivity index (χ3v) is 8.00. The number of hydrogen-bond donors (Lipinski definition) is 0. The Hall–Kier alpha value is -0.0600. The van der Waals surface area contributed by atoms with E-state index in [4.69, 9.17) is 32.0 Å². The molecular weight excluding hydrogens is 395 g/mol. The van der Waals surface area contributed by atoms with Gasteiger partial charge in [0.05, 0.1) is 9.81 Å². The summed E-state index contributed by atoms with van der Waals surface area (Å²) in [5.41, 5.74) is 0. The van der Waals surface area contributed by atoms with Gasteiger partial charge in [-0.05, 0) is 12.2 Å². The summed E-state index contributed by atoms with van der Waals surface area (Å²) in [7, 11) is 2.21. The average molecular weight is 402 g/mol. The van der Waals surface area contributed by atoms with Gasteiger partial charge in [0.25, 0.3) is 18.1 Å². The van der Waals surface area contributed by atoms with E-state index in [1.54, 1.807) is 0 Å². The van der Waals surface area contributed by atoms with Crippen molar-refractivity contribution in [1.29, 1.82) is 0 Å². The van der Waals surface area contributed by atoms with Crippen LogP contribution in [0.15, 0.2) is 34.6 Å². The fourth-order valence-electron chi connectivity index (χ4n) is 1.65. The minimum atomic E-state index is -4.60. The first-order chi connectivity index (χ1) is 8.75. The van der Waals surface area contributed by atoms with E-state index >= 15 is 0 Å². The van der Waals surface area contributed by atoms with E-state index in [1.807, 2.05) is 0 Å². The molecular formula is C8H7Cl3O6S3. The molecule has 0 amide bonds. The van der Waals surface area contributed by atoms with Crippen LogP contribution in [0, 0.1) is 0 Å². The van der Waals surface area contributed by atoms with Crippen molar-refractivity contribution in [2.24, 2.45) is 0 Å². The van der Waals surface area contributed by atoms with Crippen molar-refractivity contribution in [1.82, 2.24) is 0 Å². The third-order valence-electron chi connectivity index (χ3n) is 2.62. The molecule has 0 aromatic rings. The largest absolute Gasteiger partial charge is 0.259 e. The molecule has 0 saturated carbocycles. The first-order valence-corrected chi connectivity index (χ1v) is 11.6. The van der Waals surface area contributed by atoms with Crippen LogP contribution < -0.4 is 0 Å². The normalized spacial score (nSPS) is 24.8. The highest BCUT2D eigenvalue weighted by Crippen LogP contribution is 2.45. The van der Waals surface area contributed by atoms with Crippen LogP contribution in [0.2, 0.25) is 0 Å². The Morgan fingerprint density at radius 3 is 1.80 bits per heavy atom. The molecule has 1 atom stereocenters. The van der Waals surface area contributed by atoms with E-state index in [0.29, 0.717) is 6.08 Å². The van der Waals surface area contributed by atoms with Crippen molar-refractivity contribution < 1.29 is 25.3 Å². The summed E-state index contributed by atoms with van der Waals surface area (Å²) >= 11 is 0. The lowest BCUT2D eigenvalue weighted by atomic mass is 9.99. The Labute approximate surface area is 130 Å². The Morgan fingerprint density at radius 2 is 1.50 bits per heavy atom. The van der Waals surface area contributed by atoms with Crippen LogP contribution in [0.1, 0.15) is 6.42 Å². The summed E-state index contributed by atoms with van der Waals surface area (Å²) < 4.78 is 66.6. The standard InChI is InChI=1S/C8H7Cl3O6S3/c1-2-8(20(11,16)17)5-6(18(9,12)13)3-4-7(8)19(10,14)15/h2-4H,1,5H2. The molecule has 0 N–H and O–H groups in total. The molecule has 0 saturated heterocycles. The Morgan fingerprint density at radius 1 is 1.00 bits per heavy atom. The maximum absolute atomic E-state index is 11.7. The molecule has 0 aromatic carbocycles. The summed E-state index contributed by atoms with van der Waals surface area (Å²) in [5, 5.41) is 0. The highest BCUT2D eigenvalue weighted by molar-refractivity contribution is 8.20. The monoisotopic (exact) mass is 400 g/mol. The SMILES string of the molecule is C=CC1(S(=O)(=O)Cl)CC(S(=O)(=O)Cl)=CC=C1S(=O)(=O)Cl. The maximum Gasteiger partial charge on any atom is 0.259 e. The quantitative estimate of drug-likeness (QED) is 0.525. The summed E-state index contributed by atoms with van der Waals surface area (Å²) in [6, 6.07) is 0. The first kappa shape index (κ1) is 18.0. The van der Waals surface area contributed by atoms with Gasteiger partial charge in [0, 0.05) is 38.5 Å². The molecule has 1 rings (SSSR count). The van der Waals surface area contributed by atoms with Crippen LogP contribution in [-0.2, 0) is 27.2 Å². The van der Waals surface area contributed by atoms with Gasteiger partial charge in [0.15, 0.2) is 0 Å². The highest BCUT2D eigenvalue weighted by Gasteiger charge is 2.51. The summed E-state index contributed by atoms with van der Waals surface area (Å²) in [5.74, 6) is 0. The van der Waals surface area contributed by atoms with E-state index in [1.165, 1.54) is 0 Å². The Kier molecular flexibility index (Phi) is 4.76. The van der Waals surface area contributed by atoms with Crippen LogP contribution >= 0.6 is 32.0 Å². The van der Waals surface area contributed by atoms with E-state index in [9.17, 15) is 25.3 Å². The summed E-state index contributed by atoms with van der Waals surface area (Å²) in [6.07, 6.45) is 1.46. The molecule has 6 nitrogen and oxygen atoms in total. The number of allylic oxidation sites excluding steroid dienone is 3. The van der Waals surface area contributed by atoms with Crippen molar-refractivity contribution in [2.75, 3.05) is 0 Å². The highest BCUT2D eigenvalue weighted by atomic mass is 35.7. The van der Waals surface area contributed by atoms with E-state index in [2.05, 4.69) is 6.58 Å². The van der Waals surface area contributed by atoms with Gasteiger partial charge >= 0.3 is 0 Å². The van der Waals surface area contributed by atoms with Gasteiger partial charge in [-0.25, -0.2) is 25.3 Å². The molecule has 0 fully saturated rings. The lowest BCUT2D eigenvalue weighted by molar-refractivity contribution is 0.577. The molecule has 114 valence electrons. The van der Waals surface area contributed by atoms with Crippen LogP contribution in [0.3, 0.4) is 0 Å². The zero-order valence-electron chi connectivity index (χ0n) is 9.45. The van der Waals surface area contributed by atoms with E-state index in [0.717, 1.165) is 12.2 Å². The number of halogens is 3. The summed E-state index contributed by atoms with van der Waals surface area (Å²) in [4.78, 5) is -1.31. The topological polar surface area (TPSA) is 102 Å². The Bertz CT molecular complexity index is 819. The van der Waals surface area contributed by atoms with Gasteiger partial charge in [0.2, 0.25) is 9.05 Å². The van der Waals surface area contributed by atoms with Crippen LogP contribution in [0.5, 0.6) is 0 Å². The molecule has 0 spiro atoms. The van der Waals surface area contributed by atoms with Crippen LogP contribution in [0.4, 0.5) is 0 Å². The van der Waals surface area contributed by atoms with E-state index in [-0.39, 0.29) is 0 Å². The molecule has 0 heterocycles. The van der Waals surface area contributed by atoms with Gasteiger partial charge in [0.1, 0.15) is 4.75 Å². The van der Waals surface area contributed by atoms with Gasteiger partial charge in [-0.2, -0.15) is 0 Å². The second-order valence-corrected chi connectivity index (χ2v) is 11.7. The van der Waals surface area contributed by atoms with Gasteiger partial charge < -0.3 is 0 Å². The van der Waals surface area contributed by atoms with Crippen LogP contribution in [-0.4, -0.2) is 30.0 Å². The molecule has 0 bridgehead atoms. The molecule has 1 aliphatic rings. The molecule has 0 aliphatic heterocycles. The lowest BCUT2D eigenvalue weighted by Gasteiger charge is -2.30. The van der Waals surface area contributed by atoms with Crippen molar-refractivity contribution in [3.05, 3.63) is 34.6 Å². The van der Waals surface area contributed by atoms with Crippen molar-refractivity contribution in [2.45, 2.75) is 11.2 Å². The molecule has 1 unspecified atom stereocenters. The van der Waals surface area contributed by atoms with Crippen molar-refractivity contribution in [3.8, 4) is 0 Å². The minimum Gasteiger partial charge on any atom is -0.211 e. The lowest BCUT2D eigenvalue weighted by Crippen LogP contribution is -2.40. The Balaban J connectivity index is 3.81. The molecule has 1 aliphatic carbocycles. The van der Waals surface area contributed by atoms with E-state index < -0.39 is 48.1 Å². The second-order valence-electron chi connectivity index (χ2n) is 3.75. The zero-order valence-corrected chi connectivity index (χ0v) is 14.2. The summed E-state index contributed by atoms with van der Waals surface area (Å²) in [6.45, 7) is 3.21. The van der Waals surface area contributed by atoms with Gasteiger partial charge in [-0.3, -0.25) is 0 Å². The second kappa shape index (κ2) is 5.29. The third kappa shape index (κ3) is 3.23. The smallest absolute Gasteiger partial charge is 0.211 e. The van der Waals surface area contributed by atoms with Gasteiger partial charge in [-0.1, -0.05) is 6.08 Å². The fraction of sp³-hybridized carbons (Fsp3) is 0.250. The van der Waals surface area contributed by atoms with Crippen molar-refractivity contribution in [3.63, 3.8) is 0 Å². The molecule has 12 heteroatoms. The predicted octanol–water partition coefficient (Wildman–Crippen LogP) is 1.79. The number of rotatable bonds is 4. The average Bonchev–Trinajstić information content (AvgIpc) is 2.24. The number of hydrogen-bond acceptors (Lipinski definition) is 6.